The van der Waals surface area contributed by atoms with Gasteiger partial charge >= 0.3 is 0 Å². The van der Waals surface area contributed by atoms with Crippen LogP contribution in [0.25, 0.3) is 0 Å². The van der Waals surface area contributed by atoms with Gasteiger partial charge in [0.15, 0.2) is 11.5 Å². The fourth-order valence-electron chi connectivity index (χ4n) is 3.51. The zero-order chi connectivity index (χ0) is 17.6. The molecule has 2 aromatic carbocycles. The normalized spacial score (nSPS) is 17.6. The minimum Gasteiger partial charge on any atom is -0.490 e. The molecule has 0 N–H and O–H groups in total. The molecule has 1 heterocycles. The van der Waals surface area contributed by atoms with Crippen LogP contribution in [0, 0.1) is 0 Å². The topological polar surface area (TPSA) is 21.7 Å². The van der Waals surface area contributed by atoms with Gasteiger partial charge in [0, 0.05) is 17.6 Å². The van der Waals surface area contributed by atoms with Crippen LogP contribution in [0.3, 0.4) is 0 Å². The van der Waals surface area contributed by atoms with Gasteiger partial charge in [0.1, 0.15) is 0 Å². The number of halogens is 1. The second-order valence-corrected chi connectivity index (χ2v) is 6.76. The van der Waals surface area contributed by atoms with E-state index in [1.807, 2.05) is 32.0 Å². The lowest BCUT2D eigenvalue weighted by Gasteiger charge is -2.25. The van der Waals surface area contributed by atoms with E-state index < -0.39 is 0 Å². The van der Waals surface area contributed by atoms with Crippen molar-refractivity contribution in [1.29, 1.82) is 0 Å². The van der Waals surface area contributed by atoms with E-state index in [1.165, 1.54) is 24.0 Å². The van der Waals surface area contributed by atoms with E-state index in [0.717, 1.165) is 29.6 Å². The first-order chi connectivity index (χ1) is 12.2. The molecule has 2 aromatic rings. The van der Waals surface area contributed by atoms with Crippen LogP contribution in [-0.2, 0) is 6.54 Å². The standard InChI is InChI=1S/C21H26ClNO2/c1-3-24-20-12-7-16(14-21(20)25-4-2)15-23-13-5-6-19(23)17-8-10-18(22)11-9-17/h7-12,14,19H,3-6,13,15H2,1-2H3/t19-/m0/s1. The van der Waals surface area contributed by atoms with Gasteiger partial charge < -0.3 is 9.47 Å². The Balaban J connectivity index is 1.76. The van der Waals surface area contributed by atoms with Crippen LogP contribution in [0.1, 0.15) is 43.9 Å². The molecule has 0 bridgehead atoms. The van der Waals surface area contributed by atoms with Crippen molar-refractivity contribution >= 4 is 11.6 Å². The summed E-state index contributed by atoms with van der Waals surface area (Å²) in [4.78, 5) is 2.54. The van der Waals surface area contributed by atoms with Crippen LogP contribution in [0.2, 0.25) is 5.02 Å². The summed E-state index contributed by atoms with van der Waals surface area (Å²) in [6.45, 7) is 7.30. The van der Waals surface area contributed by atoms with Gasteiger partial charge in [0.25, 0.3) is 0 Å². The van der Waals surface area contributed by atoms with Crippen molar-refractivity contribution in [2.75, 3.05) is 19.8 Å². The Labute approximate surface area is 155 Å². The summed E-state index contributed by atoms with van der Waals surface area (Å²) in [6.07, 6.45) is 2.42. The molecule has 0 saturated carbocycles. The van der Waals surface area contributed by atoms with Crippen molar-refractivity contribution in [3.05, 3.63) is 58.6 Å². The number of ether oxygens (including phenoxy) is 2. The average molecular weight is 360 g/mol. The Morgan fingerprint density at radius 3 is 2.44 bits per heavy atom. The second kappa shape index (κ2) is 8.59. The molecule has 0 unspecified atom stereocenters. The molecule has 25 heavy (non-hydrogen) atoms. The summed E-state index contributed by atoms with van der Waals surface area (Å²) in [6, 6.07) is 15.0. The number of hydrogen-bond acceptors (Lipinski definition) is 3. The first kappa shape index (κ1) is 18.1. The van der Waals surface area contributed by atoms with E-state index in [4.69, 9.17) is 21.1 Å². The molecule has 3 rings (SSSR count). The molecule has 4 heteroatoms. The molecular formula is C21H26ClNO2. The zero-order valence-electron chi connectivity index (χ0n) is 15.0. The first-order valence-electron chi connectivity index (χ1n) is 9.09. The molecule has 1 fully saturated rings. The number of likely N-dealkylation sites (tertiary alicyclic amines) is 1. The van der Waals surface area contributed by atoms with Crippen molar-refractivity contribution in [2.24, 2.45) is 0 Å². The summed E-state index contributed by atoms with van der Waals surface area (Å²) in [5.74, 6) is 1.66. The maximum atomic E-state index is 6.03. The molecule has 3 nitrogen and oxygen atoms in total. The summed E-state index contributed by atoms with van der Waals surface area (Å²) in [7, 11) is 0. The summed E-state index contributed by atoms with van der Waals surface area (Å²) in [5, 5.41) is 0.793. The minimum absolute atomic E-state index is 0.458. The lowest BCUT2D eigenvalue weighted by molar-refractivity contribution is 0.247. The molecule has 0 amide bonds. The van der Waals surface area contributed by atoms with Gasteiger partial charge in [-0.25, -0.2) is 0 Å². The Bertz CT molecular complexity index is 687. The van der Waals surface area contributed by atoms with E-state index in [-0.39, 0.29) is 0 Å². The highest BCUT2D eigenvalue weighted by molar-refractivity contribution is 6.30. The molecule has 1 atom stereocenters. The first-order valence-corrected chi connectivity index (χ1v) is 9.47. The average Bonchev–Trinajstić information content (AvgIpc) is 3.06. The molecule has 1 saturated heterocycles. The SMILES string of the molecule is CCOc1ccc(CN2CCC[C@H]2c2ccc(Cl)cc2)cc1OCC. The Morgan fingerprint density at radius 1 is 1.00 bits per heavy atom. The molecule has 134 valence electrons. The predicted octanol–water partition coefficient (Wildman–Crippen LogP) is 5.47. The highest BCUT2D eigenvalue weighted by Crippen LogP contribution is 2.35. The van der Waals surface area contributed by atoms with Crippen molar-refractivity contribution in [2.45, 2.75) is 39.3 Å². The van der Waals surface area contributed by atoms with Gasteiger partial charge in [-0.1, -0.05) is 29.8 Å². The molecule has 1 aliphatic heterocycles. The van der Waals surface area contributed by atoms with Crippen molar-refractivity contribution in [3.63, 3.8) is 0 Å². The van der Waals surface area contributed by atoms with E-state index in [1.54, 1.807) is 0 Å². The third-order valence-corrected chi connectivity index (χ3v) is 4.86. The Morgan fingerprint density at radius 2 is 1.72 bits per heavy atom. The van der Waals surface area contributed by atoms with Crippen LogP contribution in [0.4, 0.5) is 0 Å². The lowest BCUT2D eigenvalue weighted by atomic mass is 10.0. The van der Waals surface area contributed by atoms with Gasteiger partial charge in [-0.3, -0.25) is 4.90 Å². The van der Waals surface area contributed by atoms with Crippen molar-refractivity contribution in [3.8, 4) is 11.5 Å². The molecule has 0 aromatic heterocycles. The molecule has 1 aliphatic rings. The Hall–Kier alpha value is -1.71. The van der Waals surface area contributed by atoms with E-state index in [9.17, 15) is 0 Å². The number of benzene rings is 2. The van der Waals surface area contributed by atoms with Gasteiger partial charge in [0.05, 0.1) is 13.2 Å². The molecular weight excluding hydrogens is 334 g/mol. The molecule has 0 radical (unpaired) electrons. The monoisotopic (exact) mass is 359 g/mol. The largest absolute Gasteiger partial charge is 0.490 e. The van der Waals surface area contributed by atoms with Gasteiger partial charge in [-0.15, -0.1) is 0 Å². The van der Waals surface area contributed by atoms with E-state index in [2.05, 4.69) is 29.2 Å². The molecule has 0 spiro atoms. The number of nitrogens with zero attached hydrogens (tertiary/aromatic N) is 1. The van der Waals surface area contributed by atoms with Crippen LogP contribution in [0.15, 0.2) is 42.5 Å². The summed E-state index contributed by atoms with van der Waals surface area (Å²) >= 11 is 6.03. The zero-order valence-corrected chi connectivity index (χ0v) is 15.8. The third-order valence-electron chi connectivity index (χ3n) is 4.61. The van der Waals surface area contributed by atoms with Crippen molar-refractivity contribution in [1.82, 2.24) is 4.90 Å². The fourth-order valence-corrected chi connectivity index (χ4v) is 3.63. The number of hydrogen-bond donors (Lipinski definition) is 0. The van der Waals surface area contributed by atoms with Gasteiger partial charge in [0.2, 0.25) is 0 Å². The van der Waals surface area contributed by atoms with Crippen molar-refractivity contribution < 1.29 is 9.47 Å². The quantitative estimate of drug-likeness (QED) is 0.653. The third kappa shape index (κ3) is 4.47. The predicted molar refractivity (Wildman–Crippen MR) is 103 cm³/mol. The second-order valence-electron chi connectivity index (χ2n) is 6.33. The van der Waals surface area contributed by atoms with E-state index in [0.29, 0.717) is 19.3 Å². The highest BCUT2D eigenvalue weighted by Gasteiger charge is 2.26. The Kier molecular flexibility index (Phi) is 6.22. The van der Waals surface area contributed by atoms with Crippen LogP contribution in [0.5, 0.6) is 11.5 Å². The van der Waals surface area contributed by atoms with Gasteiger partial charge in [-0.05, 0) is 68.6 Å². The fraction of sp³-hybridized carbons (Fsp3) is 0.429. The highest BCUT2D eigenvalue weighted by atomic mass is 35.5. The number of rotatable bonds is 7. The smallest absolute Gasteiger partial charge is 0.161 e. The summed E-state index contributed by atoms with van der Waals surface area (Å²) < 4.78 is 11.4. The molecule has 0 aliphatic carbocycles. The van der Waals surface area contributed by atoms with Crippen LogP contribution >= 0.6 is 11.6 Å². The summed E-state index contributed by atoms with van der Waals surface area (Å²) in [5.41, 5.74) is 2.60. The van der Waals surface area contributed by atoms with Crippen LogP contribution in [-0.4, -0.2) is 24.7 Å². The van der Waals surface area contributed by atoms with Crippen LogP contribution < -0.4 is 9.47 Å². The maximum Gasteiger partial charge on any atom is 0.161 e. The van der Waals surface area contributed by atoms with Gasteiger partial charge in [-0.2, -0.15) is 0 Å². The maximum absolute atomic E-state index is 6.03. The lowest BCUT2D eigenvalue weighted by Crippen LogP contribution is -2.22. The van der Waals surface area contributed by atoms with E-state index >= 15 is 0 Å². The minimum atomic E-state index is 0.458.